The Hall–Kier alpha value is -4.01. The minimum atomic E-state index is -0.507. The molecule has 6 nitrogen and oxygen atoms in total. The molecule has 5 rings (SSSR count). The summed E-state index contributed by atoms with van der Waals surface area (Å²) in [5, 5.41) is 5.11. The summed E-state index contributed by atoms with van der Waals surface area (Å²) < 4.78 is 6.96. The van der Waals surface area contributed by atoms with Gasteiger partial charge in [-0.05, 0) is 51.8 Å². The molecule has 8 heteroatoms. The van der Waals surface area contributed by atoms with Crippen LogP contribution in [-0.4, -0.2) is 23.1 Å². The van der Waals surface area contributed by atoms with Crippen LogP contribution in [0.1, 0.15) is 26.4 Å². The number of nitrogens with zero attached hydrogens (tertiary/aromatic N) is 1. The van der Waals surface area contributed by atoms with Crippen molar-refractivity contribution in [3.8, 4) is 16.9 Å². The molecule has 0 aliphatic rings. The number of carbonyl (C=O) groups excluding carboxylic acids is 2. The Kier molecular flexibility index (Phi) is 7.30. The Morgan fingerprint density at radius 1 is 0.865 bits per heavy atom. The van der Waals surface area contributed by atoms with Crippen molar-refractivity contribution in [2.24, 2.45) is 5.10 Å². The average Bonchev–Trinajstić information content (AvgIpc) is 3.31. The molecular weight excluding hydrogens is 598 g/mol. The van der Waals surface area contributed by atoms with Gasteiger partial charge in [0.1, 0.15) is 5.69 Å². The van der Waals surface area contributed by atoms with E-state index in [0.717, 1.165) is 26.5 Å². The maximum Gasteiger partial charge on any atom is 0.343 e. The van der Waals surface area contributed by atoms with E-state index in [-0.39, 0.29) is 5.75 Å². The largest absolute Gasteiger partial charge is 0.421 e. The highest BCUT2D eigenvalue weighted by Crippen LogP contribution is 2.34. The number of esters is 1. The summed E-state index contributed by atoms with van der Waals surface area (Å²) in [6, 6.07) is 29.7. The smallest absolute Gasteiger partial charge is 0.343 e. The minimum absolute atomic E-state index is 0.283. The molecule has 0 fully saturated rings. The lowest BCUT2D eigenvalue weighted by Crippen LogP contribution is -2.19. The minimum Gasteiger partial charge on any atom is -0.421 e. The molecule has 0 bridgehead atoms. The number of amides is 1. The maximum absolute atomic E-state index is 13.2. The van der Waals surface area contributed by atoms with Crippen LogP contribution in [0.3, 0.4) is 0 Å². The fourth-order valence-corrected chi connectivity index (χ4v) is 5.28. The van der Waals surface area contributed by atoms with E-state index in [4.69, 9.17) is 4.74 Å². The van der Waals surface area contributed by atoms with Crippen LogP contribution in [0.25, 0.3) is 22.0 Å². The summed E-state index contributed by atoms with van der Waals surface area (Å²) in [7, 11) is 0. The number of rotatable bonds is 6. The second kappa shape index (κ2) is 10.9. The molecule has 0 saturated carbocycles. The number of nitrogens with one attached hydrogen (secondary N) is 2. The first kappa shape index (κ1) is 24.7. The van der Waals surface area contributed by atoms with Crippen molar-refractivity contribution in [1.82, 2.24) is 10.4 Å². The van der Waals surface area contributed by atoms with Gasteiger partial charge in [0.05, 0.1) is 16.3 Å². The first-order chi connectivity index (χ1) is 18.0. The van der Waals surface area contributed by atoms with E-state index in [2.05, 4.69) is 47.4 Å². The quantitative estimate of drug-likeness (QED) is 0.0906. The predicted molar refractivity (Wildman–Crippen MR) is 152 cm³/mol. The summed E-state index contributed by atoms with van der Waals surface area (Å²) >= 11 is 6.90. The maximum atomic E-state index is 13.2. The molecule has 0 aliphatic carbocycles. The van der Waals surface area contributed by atoms with Crippen LogP contribution in [-0.2, 0) is 0 Å². The predicted octanol–water partition coefficient (Wildman–Crippen LogP) is 7.34. The number of hydrogen-bond acceptors (Lipinski definition) is 4. The van der Waals surface area contributed by atoms with Crippen LogP contribution in [0.4, 0.5) is 0 Å². The van der Waals surface area contributed by atoms with Crippen LogP contribution >= 0.6 is 31.9 Å². The number of benzene rings is 4. The standard InChI is InChI=1S/C29H19Br2N3O3/c30-21-15-20(27(23(31)16-21)37-29(36)19-11-5-2-6-12-19)17-32-34-28(35)26-25(18-9-3-1-4-10-18)22-13-7-8-14-24(22)33-26/h1-17,33H,(H,34,35). The highest BCUT2D eigenvalue weighted by molar-refractivity contribution is 9.11. The molecule has 37 heavy (non-hydrogen) atoms. The second-order valence-corrected chi connectivity index (χ2v) is 9.82. The zero-order valence-corrected chi connectivity index (χ0v) is 22.4. The molecular formula is C29H19Br2N3O3. The number of carbonyl (C=O) groups is 2. The van der Waals surface area contributed by atoms with Gasteiger partial charge in [0.2, 0.25) is 0 Å². The average molecular weight is 617 g/mol. The fourth-order valence-electron chi connectivity index (χ4n) is 3.94. The van der Waals surface area contributed by atoms with Gasteiger partial charge in [-0.1, -0.05) is 82.7 Å². The van der Waals surface area contributed by atoms with Crippen molar-refractivity contribution in [2.45, 2.75) is 0 Å². The molecule has 0 aliphatic heterocycles. The Morgan fingerprint density at radius 3 is 2.30 bits per heavy atom. The molecule has 1 aromatic heterocycles. The molecule has 1 amide bonds. The normalized spacial score (nSPS) is 11.1. The van der Waals surface area contributed by atoms with Gasteiger partial charge < -0.3 is 9.72 Å². The lowest BCUT2D eigenvalue weighted by molar-refractivity contribution is 0.0733. The van der Waals surface area contributed by atoms with Crippen LogP contribution in [0.15, 0.2) is 111 Å². The fraction of sp³-hybridized carbons (Fsp3) is 0. The first-order valence-corrected chi connectivity index (χ1v) is 12.9. The molecule has 0 unspecified atom stereocenters. The second-order valence-electron chi connectivity index (χ2n) is 8.05. The molecule has 0 saturated heterocycles. The molecule has 2 N–H and O–H groups in total. The summed E-state index contributed by atoms with van der Waals surface area (Å²) in [5.41, 5.74) is 6.47. The molecule has 4 aromatic carbocycles. The highest BCUT2D eigenvalue weighted by Gasteiger charge is 2.19. The van der Waals surface area contributed by atoms with Crippen molar-refractivity contribution < 1.29 is 14.3 Å². The monoisotopic (exact) mass is 615 g/mol. The van der Waals surface area contributed by atoms with Crippen LogP contribution in [0, 0.1) is 0 Å². The number of fused-ring (bicyclic) bond motifs is 1. The molecule has 1 heterocycles. The molecule has 0 atom stereocenters. The number of ether oxygens (including phenoxy) is 1. The summed E-state index contributed by atoms with van der Waals surface area (Å²) in [6.45, 7) is 0. The van der Waals surface area contributed by atoms with Crippen molar-refractivity contribution >= 4 is 60.9 Å². The number of hydrogen-bond donors (Lipinski definition) is 2. The number of aromatic amines is 1. The van der Waals surface area contributed by atoms with E-state index in [1.54, 1.807) is 36.4 Å². The first-order valence-electron chi connectivity index (χ1n) is 11.3. The van der Waals surface area contributed by atoms with Gasteiger partial charge in [-0.2, -0.15) is 5.10 Å². The summed E-state index contributed by atoms with van der Waals surface area (Å²) in [6.07, 6.45) is 1.44. The van der Waals surface area contributed by atoms with Crippen molar-refractivity contribution in [1.29, 1.82) is 0 Å². The van der Waals surface area contributed by atoms with Gasteiger partial charge in [-0.15, -0.1) is 0 Å². The van der Waals surface area contributed by atoms with E-state index in [1.165, 1.54) is 6.21 Å². The van der Waals surface area contributed by atoms with Crippen molar-refractivity contribution in [2.75, 3.05) is 0 Å². The Balaban J connectivity index is 1.43. The van der Waals surface area contributed by atoms with Gasteiger partial charge >= 0.3 is 5.97 Å². The van der Waals surface area contributed by atoms with E-state index in [0.29, 0.717) is 21.3 Å². The third-order valence-electron chi connectivity index (χ3n) is 5.61. The summed E-state index contributed by atoms with van der Waals surface area (Å²) in [5.74, 6) is -0.623. The number of halogens is 2. The molecule has 0 radical (unpaired) electrons. The van der Waals surface area contributed by atoms with E-state index in [9.17, 15) is 9.59 Å². The topological polar surface area (TPSA) is 83.5 Å². The van der Waals surface area contributed by atoms with Gasteiger partial charge in [0.15, 0.2) is 5.75 Å². The number of para-hydroxylation sites is 1. The lowest BCUT2D eigenvalue weighted by atomic mass is 10.0. The van der Waals surface area contributed by atoms with E-state index >= 15 is 0 Å². The zero-order chi connectivity index (χ0) is 25.8. The number of hydrazone groups is 1. The van der Waals surface area contributed by atoms with Crippen molar-refractivity contribution in [3.63, 3.8) is 0 Å². The zero-order valence-electron chi connectivity index (χ0n) is 19.2. The van der Waals surface area contributed by atoms with Crippen LogP contribution < -0.4 is 10.2 Å². The third-order valence-corrected chi connectivity index (χ3v) is 6.65. The molecule has 182 valence electrons. The SMILES string of the molecule is O=C(Oc1c(Br)cc(Br)cc1C=NNC(=O)c1[nH]c2ccccc2c1-c1ccccc1)c1ccccc1. The summed E-state index contributed by atoms with van der Waals surface area (Å²) in [4.78, 5) is 29.1. The third kappa shape index (κ3) is 5.40. The van der Waals surface area contributed by atoms with Gasteiger partial charge in [-0.25, -0.2) is 10.2 Å². The van der Waals surface area contributed by atoms with Crippen molar-refractivity contribution in [3.05, 3.63) is 123 Å². The van der Waals surface area contributed by atoms with E-state index < -0.39 is 11.9 Å². The van der Waals surface area contributed by atoms with Gasteiger partial charge in [-0.3, -0.25) is 4.79 Å². The molecule has 0 spiro atoms. The number of H-pyrrole nitrogens is 1. The van der Waals surface area contributed by atoms with E-state index in [1.807, 2.05) is 60.7 Å². The Morgan fingerprint density at radius 2 is 1.54 bits per heavy atom. The highest BCUT2D eigenvalue weighted by atomic mass is 79.9. The van der Waals surface area contributed by atoms with Gasteiger partial charge in [0.25, 0.3) is 5.91 Å². The number of aromatic nitrogens is 1. The van der Waals surface area contributed by atoms with Gasteiger partial charge in [0, 0.05) is 26.5 Å². The Bertz CT molecular complexity index is 1630. The lowest BCUT2D eigenvalue weighted by Gasteiger charge is -2.10. The Labute approximate surface area is 229 Å². The van der Waals surface area contributed by atoms with Crippen LogP contribution in [0.5, 0.6) is 5.75 Å². The molecule has 5 aromatic rings. The van der Waals surface area contributed by atoms with Crippen LogP contribution in [0.2, 0.25) is 0 Å².